The van der Waals surface area contributed by atoms with Crippen LogP contribution in [0.3, 0.4) is 0 Å². The second-order valence-corrected chi connectivity index (χ2v) is 5.46. The Balaban J connectivity index is 2.07. The third-order valence-corrected chi connectivity index (χ3v) is 3.62. The molecule has 1 aromatic heterocycles. The number of nitrogens with zero attached hydrogens (tertiary/aromatic N) is 4. The molecule has 1 fully saturated rings. The van der Waals surface area contributed by atoms with E-state index in [2.05, 4.69) is 33.9 Å². The molecule has 0 aromatic carbocycles. The first-order chi connectivity index (χ1) is 8.66. The summed E-state index contributed by atoms with van der Waals surface area (Å²) in [6, 6.07) is 2.53. The van der Waals surface area contributed by atoms with Gasteiger partial charge in [0, 0.05) is 18.8 Å². The predicted molar refractivity (Wildman–Crippen MR) is 75.2 cm³/mol. The van der Waals surface area contributed by atoms with E-state index < -0.39 is 0 Å². The highest BCUT2D eigenvalue weighted by atomic mass is 35.5. The van der Waals surface area contributed by atoms with Crippen molar-refractivity contribution < 1.29 is 0 Å². The SMILES string of the molecule is CN(C)CC[C@@H]1CCCCN1c1ccnc(Cl)n1. The van der Waals surface area contributed by atoms with Gasteiger partial charge in [-0.25, -0.2) is 9.97 Å². The zero-order valence-electron chi connectivity index (χ0n) is 11.1. The maximum atomic E-state index is 5.88. The first kappa shape index (κ1) is 13.6. The molecule has 0 aliphatic carbocycles. The second-order valence-electron chi connectivity index (χ2n) is 5.12. The zero-order chi connectivity index (χ0) is 13.0. The molecule has 1 saturated heterocycles. The molecule has 0 bridgehead atoms. The van der Waals surface area contributed by atoms with Gasteiger partial charge in [-0.3, -0.25) is 0 Å². The Morgan fingerprint density at radius 3 is 3.00 bits per heavy atom. The van der Waals surface area contributed by atoms with Gasteiger partial charge in [-0.2, -0.15) is 0 Å². The lowest BCUT2D eigenvalue weighted by molar-refractivity contribution is 0.348. The average molecular weight is 269 g/mol. The highest BCUT2D eigenvalue weighted by molar-refractivity contribution is 6.28. The lowest BCUT2D eigenvalue weighted by Gasteiger charge is -2.37. The third kappa shape index (κ3) is 3.56. The van der Waals surface area contributed by atoms with Crippen molar-refractivity contribution >= 4 is 17.4 Å². The van der Waals surface area contributed by atoms with Crippen LogP contribution in [-0.4, -0.2) is 48.1 Å². The minimum atomic E-state index is 0.337. The molecule has 0 N–H and O–H groups in total. The number of aromatic nitrogens is 2. The molecule has 0 spiro atoms. The van der Waals surface area contributed by atoms with Crippen molar-refractivity contribution in [3.05, 3.63) is 17.5 Å². The van der Waals surface area contributed by atoms with Gasteiger partial charge in [0.25, 0.3) is 0 Å². The maximum Gasteiger partial charge on any atom is 0.224 e. The van der Waals surface area contributed by atoms with Crippen LogP contribution in [0.1, 0.15) is 25.7 Å². The van der Waals surface area contributed by atoms with E-state index in [-0.39, 0.29) is 0 Å². The van der Waals surface area contributed by atoms with Gasteiger partial charge >= 0.3 is 0 Å². The number of rotatable bonds is 4. The van der Waals surface area contributed by atoms with Gasteiger partial charge in [0.05, 0.1) is 0 Å². The van der Waals surface area contributed by atoms with E-state index in [1.54, 1.807) is 6.20 Å². The summed E-state index contributed by atoms with van der Waals surface area (Å²) in [5.41, 5.74) is 0. The quantitative estimate of drug-likeness (QED) is 0.785. The van der Waals surface area contributed by atoms with Crippen LogP contribution in [0, 0.1) is 0 Å². The molecule has 2 rings (SSSR count). The van der Waals surface area contributed by atoms with Gasteiger partial charge < -0.3 is 9.80 Å². The van der Waals surface area contributed by atoms with E-state index >= 15 is 0 Å². The van der Waals surface area contributed by atoms with Gasteiger partial charge in [-0.05, 0) is 64.0 Å². The fourth-order valence-corrected chi connectivity index (χ4v) is 2.64. The molecule has 5 heteroatoms. The van der Waals surface area contributed by atoms with Crippen molar-refractivity contribution in [3.63, 3.8) is 0 Å². The summed E-state index contributed by atoms with van der Waals surface area (Å²) in [5, 5.41) is 0.337. The minimum Gasteiger partial charge on any atom is -0.353 e. The minimum absolute atomic E-state index is 0.337. The predicted octanol–water partition coefficient (Wildman–Crippen LogP) is 2.44. The topological polar surface area (TPSA) is 32.3 Å². The van der Waals surface area contributed by atoms with E-state index in [0.717, 1.165) is 18.9 Å². The fraction of sp³-hybridized carbons (Fsp3) is 0.692. The molecule has 1 atom stereocenters. The van der Waals surface area contributed by atoms with E-state index in [0.29, 0.717) is 11.3 Å². The van der Waals surface area contributed by atoms with Crippen LogP contribution < -0.4 is 4.90 Å². The van der Waals surface area contributed by atoms with Gasteiger partial charge in [0.2, 0.25) is 5.28 Å². The van der Waals surface area contributed by atoms with Crippen molar-refractivity contribution in [1.82, 2.24) is 14.9 Å². The number of hydrogen-bond acceptors (Lipinski definition) is 4. The summed E-state index contributed by atoms with van der Waals surface area (Å²) in [6.07, 6.45) is 6.71. The van der Waals surface area contributed by atoms with E-state index in [1.165, 1.54) is 25.7 Å². The molecule has 0 radical (unpaired) electrons. The monoisotopic (exact) mass is 268 g/mol. The standard InChI is InChI=1S/C13H21ClN4/c1-17(2)10-7-11-5-3-4-9-18(11)12-6-8-15-13(14)16-12/h6,8,11H,3-5,7,9-10H2,1-2H3/t11-/m0/s1. The number of halogens is 1. The lowest BCUT2D eigenvalue weighted by Crippen LogP contribution is -2.41. The molecule has 4 nitrogen and oxygen atoms in total. The van der Waals surface area contributed by atoms with Crippen LogP contribution in [-0.2, 0) is 0 Å². The Morgan fingerprint density at radius 1 is 1.44 bits per heavy atom. The van der Waals surface area contributed by atoms with Crippen LogP contribution in [0.2, 0.25) is 5.28 Å². The Bertz CT molecular complexity index is 383. The van der Waals surface area contributed by atoms with Gasteiger partial charge in [0.1, 0.15) is 5.82 Å². The van der Waals surface area contributed by atoms with E-state index in [9.17, 15) is 0 Å². The summed E-state index contributed by atoms with van der Waals surface area (Å²) in [7, 11) is 4.24. The Morgan fingerprint density at radius 2 is 2.28 bits per heavy atom. The Labute approximate surface area is 114 Å². The van der Waals surface area contributed by atoms with Gasteiger partial charge in [-0.1, -0.05) is 0 Å². The first-order valence-corrected chi connectivity index (χ1v) is 6.94. The molecule has 1 aromatic rings. The summed E-state index contributed by atoms with van der Waals surface area (Å²) in [4.78, 5) is 12.9. The largest absolute Gasteiger partial charge is 0.353 e. The molecular weight excluding hydrogens is 248 g/mol. The first-order valence-electron chi connectivity index (χ1n) is 6.57. The molecule has 2 heterocycles. The van der Waals surface area contributed by atoms with Crippen molar-refractivity contribution in [3.8, 4) is 0 Å². The molecule has 1 aliphatic heterocycles. The molecule has 0 amide bonds. The summed E-state index contributed by atoms with van der Waals surface area (Å²) in [5.74, 6) is 0.971. The van der Waals surface area contributed by atoms with Gasteiger partial charge in [-0.15, -0.1) is 0 Å². The number of piperidine rings is 1. The van der Waals surface area contributed by atoms with Crippen molar-refractivity contribution in [2.75, 3.05) is 32.1 Å². The molecule has 0 unspecified atom stereocenters. The van der Waals surface area contributed by atoms with Crippen LogP contribution in [0.4, 0.5) is 5.82 Å². The van der Waals surface area contributed by atoms with Crippen LogP contribution >= 0.6 is 11.6 Å². The van der Waals surface area contributed by atoms with Crippen LogP contribution in [0.25, 0.3) is 0 Å². The Hall–Kier alpha value is -0.870. The highest BCUT2D eigenvalue weighted by Crippen LogP contribution is 2.25. The third-order valence-electron chi connectivity index (χ3n) is 3.44. The molecule has 0 saturated carbocycles. The summed E-state index contributed by atoms with van der Waals surface area (Å²) >= 11 is 5.88. The van der Waals surface area contributed by atoms with Crippen molar-refractivity contribution in [2.45, 2.75) is 31.7 Å². The van der Waals surface area contributed by atoms with Gasteiger partial charge in [0.15, 0.2) is 0 Å². The van der Waals surface area contributed by atoms with Crippen molar-refractivity contribution in [1.29, 1.82) is 0 Å². The normalized spacial score (nSPS) is 20.4. The Kier molecular flexibility index (Phi) is 4.78. The summed E-state index contributed by atoms with van der Waals surface area (Å²) in [6.45, 7) is 2.19. The van der Waals surface area contributed by atoms with Crippen LogP contribution in [0.15, 0.2) is 12.3 Å². The maximum absolute atomic E-state index is 5.88. The molecule has 18 heavy (non-hydrogen) atoms. The summed E-state index contributed by atoms with van der Waals surface area (Å²) < 4.78 is 0. The molecule has 100 valence electrons. The van der Waals surface area contributed by atoms with Crippen LogP contribution in [0.5, 0.6) is 0 Å². The number of anilines is 1. The smallest absolute Gasteiger partial charge is 0.224 e. The number of hydrogen-bond donors (Lipinski definition) is 0. The average Bonchev–Trinajstić information content (AvgIpc) is 2.36. The molecule has 1 aliphatic rings. The zero-order valence-corrected chi connectivity index (χ0v) is 11.9. The highest BCUT2D eigenvalue weighted by Gasteiger charge is 2.23. The van der Waals surface area contributed by atoms with E-state index in [1.807, 2.05) is 6.07 Å². The fourth-order valence-electron chi connectivity index (χ4n) is 2.50. The van der Waals surface area contributed by atoms with E-state index in [4.69, 9.17) is 11.6 Å². The molecular formula is C13H21ClN4. The van der Waals surface area contributed by atoms with Crippen molar-refractivity contribution in [2.24, 2.45) is 0 Å². The lowest BCUT2D eigenvalue weighted by atomic mass is 9.99. The second kappa shape index (κ2) is 6.34.